The van der Waals surface area contributed by atoms with Crippen LogP contribution >= 0.6 is 25.3 Å². The summed E-state index contributed by atoms with van der Waals surface area (Å²) in [5, 5.41) is 8.60. The normalized spacial score (nSPS) is 14.6. The van der Waals surface area contributed by atoms with Crippen LogP contribution in [0.25, 0.3) is 0 Å². The molecule has 1 unspecified atom stereocenters. The monoisotopic (exact) mass is 192 g/mol. The minimum atomic E-state index is -0.871. The van der Waals surface area contributed by atoms with Gasteiger partial charge in [0.1, 0.15) is 0 Å². The molecule has 0 rings (SSSR count). The van der Waals surface area contributed by atoms with Crippen LogP contribution in [0.5, 0.6) is 0 Å². The molecule has 0 fully saturated rings. The summed E-state index contributed by atoms with van der Waals surface area (Å²) in [6.45, 7) is 1.57. The molecule has 0 aromatic heterocycles. The number of aliphatic carboxylic acids is 1. The molecule has 0 spiro atoms. The highest BCUT2D eigenvalue weighted by Gasteiger charge is 2.01. The molecule has 1 atom stereocenters. The van der Waals surface area contributed by atoms with Crippen LogP contribution in [0.3, 0.4) is 0 Å². The Kier molecular flexibility index (Phi) is 5.50. The van der Waals surface area contributed by atoms with Crippen molar-refractivity contribution >= 4 is 31.2 Å². The molecular weight excluding hydrogens is 180 g/mol. The van der Waals surface area contributed by atoms with Gasteiger partial charge in [-0.1, -0.05) is 6.08 Å². The zero-order valence-electron chi connectivity index (χ0n) is 6.32. The van der Waals surface area contributed by atoms with E-state index in [1.54, 1.807) is 13.0 Å². The van der Waals surface area contributed by atoms with Crippen LogP contribution in [0.4, 0.5) is 0 Å². The maximum absolute atomic E-state index is 10.3. The van der Waals surface area contributed by atoms with E-state index in [9.17, 15) is 4.79 Å². The molecule has 0 radical (unpaired) electrons. The first kappa shape index (κ1) is 10.9. The van der Waals surface area contributed by atoms with Crippen LogP contribution in [0.2, 0.25) is 0 Å². The van der Waals surface area contributed by atoms with E-state index in [4.69, 9.17) is 5.11 Å². The first-order valence-corrected chi connectivity index (χ1v) is 4.41. The van der Waals surface area contributed by atoms with Crippen molar-refractivity contribution in [3.63, 3.8) is 0 Å². The van der Waals surface area contributed by atoms with E-state index in [1.165, 1.54) is 0 Å². The van der Waals surface area contributed by atoms with Crippen molar-refractivity contribution in [1.29, 1.82) is 0 Å². The minimum absolute atomic E-state index is 0.146. The molecule has 0 aliphatic rings. The summed E-state index contributed by atoms with van der Waals surface area (Å²) in [6.07, 6.45) is 2.32. The molecule has 0 aliphatic heterocycles. The number of carbonyl (C=O) groups is 1. The van der Waals surface area contributed by atoms with E-state index >= 15 is 0 Å². The van der Waals surface area contributed by atoms with Gasteiger partial charge in [-0.3, -0.25) is 0 Å². The topological polar surface area (TPSA) is 37.3 Å². The second-order valence-corrected chi connectivity index (χ2v) is 3.36. The van der Waals surface area contributed by atoms with Gasteiger partial charge in [-0.15, -0.1) is 0 Å². The van der Waals surface area contributed by atoms with Crippen molar-refractivity contribution in [3.05, 3.63) is 11.6 Å². The summed E-state index contributed by atoms with van der Waals surface area (Å²) in [4.78, 5) is 10.3. The smallest absolute Gasteiger partial charge is 0.330 e. The molecule has 1 N–H and O–H groups in total. The third-order valence-corrected chi connectivity index (χ3v) is 2.37. The molecule has 0 bridgehead atoms. The van der Waals surface area contributed by atoms with Crippen molar-refractivity contribution in [2.24, 2.45) is 0 Å². The Labute approximate surface area is 77.5 Å². The standard InChI is InChI=1S/C7H12O2S2/c1-5(7(8)9)2-3-6(11)4-10/h2,6,10-11H,3-4H2,1H3,(H,8,9). The average Bonchev–Trinajstić information content (AvgIpc) is 1.99. The molecule has 0 heterocycles. The summed E-state index contributed by atoms with van der Waals surface area (Å²) in [5.41, 5.74) is 0.367. The second-order valence-electron chi connectivity index (χ2n) is 2.26. The highest BCUT2D eigenvalue weighted by atomic mass is 32.1. The Morgan fingerprint density at radius 1 is 1.73 bits per heavy atom. The number of carboxylic acid groups (broad SMARTS) is 1. The van der Waals surface area contributed by atoms with Crippen LogP contribution in [0, 0.1) is 0 Å². The summed E-state index contributed by atoms with van der Waals surface area (Å²) < 4.78 is 0. The second kappa shape index (κ2) is 5.55. The van der Waals surface area contributed by atoms with Gasteiger partial charge >= 0.3 is 5.97 Å². The lowest BCUT2D eigenvalue weighted by atomic mass is 10.2. The maximum atomic E-state index is 10.3. The number of rotatable bonds is 4. The zero-order valence-corrected chi connectivity index (χ0v) is 8.11. The van der Waals surface area contributed by atoms with Gasteiger partial charge in [0, 0.05) is 16.6 Å². The summed E-state index contributed by atoms with van der Waals surface area (Å²) in [7, 11) is 0. The van der Waals surface area contributed by atoms with Gasteiger partial charge in [-0.25, -0.2) is 4.79 Å². The van der Waals surface area contributed by atoms with E-state index in [0.29, 0.717) is 17.7 Å². The van der Waals surface area contributed by atoms with Gasteiger partial charge < -0.3 is 5.11 Å². The first-order valence-electron chi connectivity index (χ1n) is 3.27. The fraction of sp³-hybridized carbons (Fsp3) is 0.571. The molecule has 0 aromatic carbocycles. The molecule has 0 aromatic rings. The third kappa shape index (κ3) is 5.21. The lowest BCUT2D eigenvalue weighted by molar-refractivity contribution is -0.132. The molecule has 0 amide bonds. The predicted octanol–water partition coefficient (Wildman–Crippen LogP) is 1.64. The van der Waals surface area contributed by atoms with Crippen LogP contribution < -0.4 is 0 Å². The van der Waals surface area contributed by atoms with Crippen molar-refractivity contribution in [2.75, 3.05) is 5.75 Å². The largest absolute Gasteiger partial charge is 0.478 e. The molecule has 0 aliphatic carbocycles. The highest BCUT2D eigenvalue weighted by Crippen LogP contribution is 2.06. The van der Waals surface area contributed by atoms with Gasteiger partial charge in [-0.2, -0.15) is 25.3 Å². The van der Waals surface area contributed by atoms with Gasteiger partial charge in [0.15, 0.2) is 0 Å². The molecular formula is C7H12O2S2. The quantitative estimate of drug-likeness (QED) is 0.468. The maximum Gasteiger partial charge on any atom is 0.330 e. The van der Waals surface area contributed by atoms with E-state index in [0.717, 1.165) is 0 Å². The minimum Gasteiger partial charge on any atom is -0.478 e. The van der Waals surface area contributed by atoms with Crippen LogP contribution in [0.15, 0.2) is 11.6 Å². The van der Waals surface area contributed by atoms with Gasteiger partial charge in [-0.05, 0) is 13.3 Å². The Morgan fingerprint density at radius 3 is 2.64 bits per heavy atom. The van der Waals surface area contributed by atoms with Crippen LogP contribution in [0.1, 0.15) is 13.3 Å². The van der Waals surface area contributed by atoms with E-state index < -0.39 is 5.97 Å². The number of thiol groups is 2. The van der Waals surface area contributed by atoms with Gasteiger partial charge in [0.2, 0.25) is 0 Å². The summed E-state index contributed by atoms with van der Waals surface area (Å²) in [6, 6.07) is 0. The zero-order chi connectivity index (χ0) is 8.85. The number of hydrogen-bond acceptors (Lipinski definition) is 3. The number of carboxylic acids is 1. The summed E-state index contributed by atoms with van der Waals surface area (Å²) in [5.74, 6) is -0.211. The molecule has 2 nitrogen and oxygen atoms in total. The van der Waals surface area contributed by atoms with Crippen molar-refractivity contribution in [1.82, 2.24) is 0 Å². The molecule has 4 heteroatoms. The fourth-order valence-corrected chi connectivity index (χ4v) is 0.729. The number of allylic oxidation sites excluding steroid dienone is 1. The van der Waals surface area contributed by atoms with E-state index in [-0.39, 0.29) is 5.25 Å². The summed E-state index contributed by atoms with van der Waals surface area (Å²) >= 11 is 8.18. The predicted molar refractivity (Wildman–Crippen MR) is 52.6 cm³/mol. The van der Waals surface area contributed by atoms with Gasteiger partial charge in [0.25, 0.3) is 0 Å². The Bertz CT molecular complexity index is 166. The SMILES string of the molecule is CC(=CCC(S)CS)C(=O)O. The molecule has 11 heavy (non-hydrogen) atoms. The number of hydrogen-bond donors (Lipinski definition) is 3. The average molecular weight is 192 g/mol. The van der Waals surface area contributed by atoms with Crippen molar-refractivity contribution in [3.8, 4) is 0 Å². The lowest BCUT2D eigenvalue weighted by Crippen LogP contribution is -2.01. The molecule has 64 valence electrons. The first-order chi connectivity index (χ1) is 5.07. The molecule has 0 saturated carbocycles. The lowest BCUT2D eigenvalue weighted by Gasteiger charge is -2.01. The Morgan fingerprint density at radius 2 is 2.27 bits per heavy atom. The highest BCUT2D eigenvalue weighted by molar-refractivity contribution is 7.84. The Hall–Kier alpha value is -0.0900. The van der Waals surface area contributed by atoms with Crippen molar-refractivity contribution in [2.45, 2.75) is 18.6 Å². The van der Waals surface area contributed by atoms with Crippen molar-refractivity contribution < 1.29 is 9.90 Å². The fourth-order valence-electron chi connectivity index (χ4n) is 0.475. The van der Waals surface area contributed by atoms with Gasteiger partial charge in [0.05, 0.1) is 0 Å². The molecule has 0 saturated heterocycles. The third-order valence-electron chi connectivity index (χ3n) is 1.24. The van der Waals surface area contributed by atoms with Crippen LogP contribution in [-0.2, 0) is 4.79 Å². The van der Waals surface area contributed by atoms with Crippen LogP contribution in [-0.4, -0.2) is 22.1 Å². The Balaban J connectivity index is 3.82. The van der Waals surface area contributed by atoms with E-state index in [2.05, 4.69) is 25.3 Å². The van der Waals surface area contributed by atoms with E-state index in [1.807, 2.05) is 0 Å².